The number of amides is 1. The van der Waals surface area contributed by atoms with Gasteiger partial charge in [-0.25, -0.2) is 0 Å². The summed E-state index contributed by atoms with van der Waals surface area (Å²) in [5.41, 5.74) is 0.730. The monoisotopic (exact) mass is 218 g/mol. The van der Waals surface area contributed by atoms with Gasteiger partial charge in [-0.3, -0.25) is 14.5 Å². The van der Waals surface area contributed by atoms with Crippen LogP contribution in [0.15, 0.2) is 24.4 Å². The summed E-state index contributed by atoms with van der Waals surface area (Å²) in [6.45, 7) is 2.06. The molecule has 2 aromatic rings. The minimum Gasteiger partial charge on any atom is -0.294 e. The number of hydrogen-bond donors (Lipinski definition) is 1. The Morgan fingerprint density at radius 3 is 3.12 bits per heavy atom. The molecule has 2 heterocycles. The predicted octanol–water partition coefficient (Wildman–Crippen LogP) is 1.86. The topological polar surface area (TPSA) is 59.3 Å². The number of fused-ring (bicyclic) bond motifs is 1. The highest BCUT2D eigenvalue weighted by Crippen LogP contribution is 2.08. The lowest BCUT2D eigenvalue weighted by molar-refractivity contribution is -0.116. The van der Waals surface area contributed by atoms with Crippen molar-refractivity contribution in [3.63, 3.8) is 0 Å². The molecule has 0 spiro atoms. The Morgan fingerprint density at radius 1 is 1.44 bits per heavy atom. The van der Waals surface area contributed by atoms with Gasteiger partial charge in [-0.05, 0) is 18.6 Å². The van der Waals surface area contributed by atoms with Crippen LogP contribution in [0.5, 0.6) is 0 Å². The molecule has 0 bridgehead atoms. The fourth-order valence-corrected chi connectivity index (χ4v) is 1.45. The lowest BCUT2D eigenvalue weighted by atomic mass is 10.2. The number of rotatable bonds is 4. The predicted molar refractivity (Wildman–Crippen MR) is 61.1 cm³/mol. The van der Waals surface area contributed by atoms with E-state index in [1.165, 1.54) is 0 Å². The Labute approximate surface area is 93.5 Å². The molecule has 0 radical (unpaired) electrons. The third kappa shape index (κ3) is 2.18. The van der Waals surface area contributed by atoms with Crippen LogP contribution in [0.25, 0.3) is 5.65 Å². The molecule has 2 aromatic heterocycles. The Bertz CT molecular complexity index is 491. The zero-order valence-electron chi connectivity index (χ0n) is 9.18. The Hall–Kier alpha value is -1.91. The summed E-state index contributed by atoms with van der Waals surface area (Å²) in [7, 11) is 0. The minimum atomic E-state index is -0.0139. The number of aromatic nitrogens is 3. The molecule has 0 unspecified atom stereocenters. The van der Waals surface area contributed by atoms with Gasteiger partial charge in [0.2, 0.25) is 11.9 Å². The van der Waals surface area contributed by atoms with E-state index in [1.807, 2.05) is 24.4 Å². The van der Waals surface area contributed by atoms with Crippen molar-refractivity contribution in [2.24, 2.45) is 0 Å². The number of carbonyl (C=O) groups excluding carboxylic acids is 1. The molecule has 0 aliphatic rings. The lowest BCUT2D eigenvalue weighted by Crippen LogP contribution is -2.13. The van der Waals surface area contributed by atoms with Gasteiger partial charge in [-0.15, -0.1) is 10.2 Å². The van der Waals surface area contributed by atoms with Crippen molar-refractivity contribution in [3.05, 3.63) is 24.4 Å². The Balaban J connectivity index is 2.12. The van der Waals surface area contributed by atoms with Gasteiger partial charge in [0.05, 0.1) is 0 Å². The third-order valence-corrected chi connectivity index (χ3v) is 2.32. The van der Waals surface area contributed by atoms with E-state index in [2.05, 4.69) is 22.4 Å². The molecule has 0 saturated carbocycles. The highest BCUT2D eigenvalue weighted by molar-refractivity contribution is 5.89. The quantitative estimate of drug-likeness (QED) is 0.852. The van der Waals surface area contributed by atoms with Gasteiger partial charge in [-0.1, -0.05) is 19.4 Å². The third-order valence-electron chi connectivity index (χ3n) is 2.32. The number of pyridine rings is 1. The van der Waals surface area contributed by atoms with E-state index in [0.717, 1.165) is 18.5 Å². The van der Waals surface area contributed by atoms with Gasteiger partial charge < -0.3 is 0 Å². The zero-order chi connectivity index (χ0) is 11.4. The van der Waals surface area contributed by atoms with E-state index in [0.29, 0.717) is 12.4 Å². The van der Waals surface area contributed by atoms with E-state index >= 15 is 0 Å². The van der Waals surface area contributed by atoms with Gasteiger partial charge in [-0.2, -0.15) is 0 Å². The minimum absolute atomic E-state index is 0.0139. The maximum atomic E-state index is 11.5. The first-order valence-electron chi connectivity index (χ1n) is 5.41. The van der Waals surface area contributed by atoms with E-state index in [-0.39, 0.29) is 5.91 Å². The number of hydrogen-bond acceptors (Lipinski definition) is 3. The Morgan fingerprint density at radius 2 is 2.31 bits per heavy atom. The van der Waals surface area contributed by atoms with Crippen LogP contribution < -0.4 is 5.32 Å². The molecular weight excluding hydrogens is 204 g/mol. The summed E-state index contributed by atoms with van der Waals surface area (Å²) in [5.74, 6) is 0.469. The van der Waals surface area contributed by atoms with Crippen molar-refractivity contribution in [1.29, 1.82) is 0 Å². The second kappa shape index (κ2) is 4.74. The fraction of sp³-hybridized carbons (Fsp3) is 0.364. The normalized spacial score (nSPS) is 10.6. The molecular formula is C11H14N4O. The van der Waals surface area contributed by atoms with Gasteiger partial charge in [0.15, 0.2) is 5.65 Å². The number of nitrogens with one attached hydrogen (secondary N) is 1. The smallest absolute Gasteiger partial charge is 0.235 e. The first-order chi connectivity index (χ1) is 7.81. The van der Waals surface area contributed by atoms with Crippen LogP contribution in [-0.2, 0) is 4.79 Å². The maximum absolute atomic E-state index is 11.5. The first-order valence-corrected chi connectivity index (χ1v) is 5.41. The van der Waals surface area contributed by atoms with E-state index in [4.69, 9.17) is 0 Å². The summed E-state index contributed by atoms with van der Waals surface area (Å²) in [6.07, 6.45) is 4.25. The summed E-state index contributed by atoms with van der Waals surface area (Å²) in [4.78, 5) is 11.5. The van der Waals surface area contributed by atoms with Crippen molar-refractivity contribution in [3.8, 4) is 0 Å². The first kappa shape index (κ1) is 10.6. The number of nitrogens with zero attached hydrogens (tertiary/aromatic N) is 3. The molecule has 84 valence electrons. The van der Waals surface area contributed by atoms with Crippen LogP contribution >= 0.6 is 0 Å². The molecule has 0 saturated heterocycles. The Kier molecular flexibility index (Phi) is 3.14. The summed E-state index contributed by atoms with van der Waals surface area (Å²) < 4.78 is 1.75. The van der Waals surface area contributed by atoms with Crippen molar-refractivity contribution < 1.29 is 4.79 Å². The van der Waals surface area contributed by atoms with Gasteiger partial charge >= 0.3 is 0 Å². The number of carbonyl (C=O) groups is 1. The van der Waals surface area contributed by atoms with Gasteiger partial charge in [0, 0.05) is 12.6 Å². The molecule has 0 fully saturated rings. The average molecular weight is 218 g/mol. The molecule has 5 nitrogen and oxygen atoms in total. The van der Waals surface area contributed by atoms with E-state index in [9.17, 15) is 4.79 Å². The largest absolute Gasteiger partial charge is 0.294 e. The molecule has 0 aliphatic heterocycles. The zero-order valence-corrected chi connectivity index (χ0v) is 9.18. The SMILES string of the molecule is CCCCC(=O)Nc1nnc2ccccn12. The summed E-state index contributed by atoms with van der Waals surface area (Å²) in [6, 6.07) is 5.60. The van der Waals surface area contributed by atoms with Gasteiger partial charge in [0.1, 0.15) is 0 Å². The fourth-order valence-electron chi connectivity index (χ4n) is 1.45. The van der Waals surface area contributed by atoms with Crippen LogP contribution in [0, 0.1) is 0 Å². The van der Waals surface area contributed by atoms with E-state index in [1.54, 1.807) is 4.40 Å². The molecule has 0 aliphatic carbocycles. The molecule has 1 amide bonds. The van der Waals surface area contributed by atoms with Crippen LogP contribution in [0.1, 0.15) is 26.2 Å². The second-order valence-corrected chi connectivity index (χ2v) is 3.60. The standard InChI is InChI=1S/C11H14N4O/c1-2-3-7-10(16)12-11-14-13-9-6-4-5-8-15(9)11/h4-6,8H,2-3,7H2,1H3,(H,12,14,16). The van der Waals surface area contributed by atoms with Crippen LogP contribution in [0.4, 0.5) is 5.95 Å². The number of anilines is 1. The lowest BCUT2D eigenvalue weighted by Gasteiger charge is -2.01. The second-order valence-electron chi connectivity index (χ2n) is 3.60. The average Bonchev–Trinajstić information content (AvgIpc) is 2.70. The van der Waals surface area contributed by atoms with Crippen molar-refractivity contribution in [2.45, 2.75) is 26.2 Å². The van der Waals surface area contributed by atoms with E-state index < -0.39 is 0 Å². The van der Waals surface area contributed by atoms with Crippen LogP contribution in [0.3, 0.4) is 0 Å². The molecule has 5 heteroatoms. The van der Waals surface area contributed by atoms with Crippen molar-refractivity contribution in [2.75, 3.05) is 5.32 Å². The number of unbranched alkanes of at least 4 members (excludes halogenated alkanes) is 1. The highest BCUT2D eigenvalue weighted by atomic mass is 16.1. The molecule has 16 heavy (non-hydrogen) atoms. The van der Waals surface area contributed by atoms with Crippen LogP contribution in [0.2, 0.25) is 0 Å². The molecule has 1 N–H and O–H groups in total. The summed E-state index contributed by atoms with van der Waals surface area (Å²) >= 11 is 0. The van der Waals surface area contributed by atoms with Crippen molar-refractivity contribution in [1.82, 2.24) is 14.6 Å². The molecule has 0 aromatic carbocycles. The molecule has 2 rings (SSSR count). The maximum Gasteiger partial charge on any atom is 0.235 e. The molecule has 0 atom stereocenters. The summed E-state index contributed by atoms with van der Waals surface area (Å²) in [5, 5.41) is 10.6. The van der Waals surface area contributed by atoms with Crippen LogP contribution in [-0.4, -0.2) is 20.5 Å². The highest BCUT2D eigenvalue weighted by Gasteiger charge is 2.07. The van der Waals surface area contributed by atoms with Gasteiger partial charge in [0.25, 0.3) is 0 Å². The van der Waals surface area contributed by atoms with Crippen molar-refractivity contribution >= 4 is 17.5 Å².